The van der Waals surface area contributed by atoms with Crippen LogP contribution in [0.3, 0.4) is 0 Å². The van der Waals surface area contributed by atoms with Crippen molar-refractivity contribution in [3.63, 3.8) is 0 Å². The van der Waals surface area contributed by atoms with Crippen molar-refractivity contribution in [1.29, 1.82) is 0 Å². The fraction of sp³-hybridized carbons (Fsp3) is 0.130. The van der Waals surface area contributed by atoms with Crippen LogP contribution in [0.5, 0.6) is 11.6 Å². The van der Waals surface area contributed by atoms with Crippen molar-refractivity contribution in [1.82, 2.24) is 9.97 Å². The number of fused-ring (bicyclic) bond motifs is 1. The van der Waals surface area contributed by atoms with E-state index in [9.17, 15) is 23.4 Å². The third-order valence-electron chi connectivity index (χ3n) is 4.76. The van der Waals surface area contributed by atoms with Gasteiger partial charge in [0.25, 0.3) is 0 Å². The van der Waals surface area contributed by atoms with E-state index >= 15 is 0 Å². The van der Waals surface area contributed by atoms with Gasteiger partial charge in [-0.1, -0.05) is 30.3 Å². The van der Waals surface area contributed by atoms with Crippen LogP contribution in [0.2, 0.25) is 0 Å². The molecule has 0 radical (unpaired) electrons. The Morgan fingerprint density at radius 3 is 2.56 bits per heavy atom. The molecule has 0 fully saturated rings. The van der Waals surface area contributed by atoms with Gasteiger partial charge in [-0.2, -0.15) is 13.2 Å². The van der Waals surface area contributed by atoms with Gasteiger partial charge in [0, 0.05) is 17.3 Å². The second-order valence-electron chi connectivity index (χ2n) is 6.96. The zero-order chi connectivity index (χ0) is 22.7. The van der Waals surface area contributed by atoms with Crippen LogP contribution in [-0.4, -0.2) is 20.2 Å². The minimum Gasteiger partial charge on any atom is -0.439 e. The van der Waals surface area contributed by atoms with Crippen LogP contribution in [0.25, 0.3) is 10.8 Å². The molecule has 3 N–H and O–H groups in total. The highest BCUT2D eigenvalue weighted by Crippen LogP contribution is 2.33. The number of benzene rings is 3. The molecule has 0 aliphatic carbocycles. The highest BCUT2D eigenvalue weighted by atomic mass is 19.4. The van der Waals surface area contributed by atoms with E-state index in [0.717, 1.165) is 17.5 Å². The largest absolute Gasteiger partial charge is 0.439 e. The van der Waals surface area contributed by atoms with E-state index in [-0.39, 0.29) is 18.2 Å². The maximum Gasteiger partial charge on any atom is 0.416 e. The van der Waals surface area contributed by atoms with Crippen LogP contribution in [0.1, 0.15) is 23.0 Å². The van der Waals surface area contributed by atoms with Gasteiger partial charge in [-0.3, -0.25) is 0 Å². The summed E-state index contributed by atoms with van der Waals surface area (Å²) < 4.78 is 44.6. The number of nitrogens with zero attached hydrogens (tertiary/aromatic N) is 2. The lowest BCUT2D eigenvalue weighted by Gasteiger charge is -2.18. The lowest BCUT2D eigenvalue weighted by molar-refractivity contribution is -0.137. The van der Waals surface area contributed by atoms with E-state index in [2.05, 4.69) is 15.3 Å². The number of halogens is 3. The minimum absolute atomic E-state index is 0.146. The van der Waals surface area contributed by atoms with Gasteiger partial charge >= 0.3 is 6.18 Å². The van der Waals surface area contributed by atoms with Crippen LogP contribution < -0.4 is 10.1 Å². The summed E-state index contributed by atoms with van der Waals surface area (Å²) >= 11 is 0. The lowest BCUT2D eigenvalue weighted by Crippen LogP contribution is -2.11. The third kappa shape index (κ3) is 4.79. The summed E-state index contributed by atoms with van der Waals surface area (Å²) in [6.07, 6.45) is -4.42. The lowest BCUT2D eigenvalue weighted by atomic mass is 10.0. The molecule has 0 unspecified atom stereocenters. The monoisotopic (exact) mass is 441 g/mol. The number of hydrogen-bond donors (Lipinski definition) is 3. The molecule has 32 heavy (non-hydrogen) atoms. The van der Waals surface area contributed by atoms with Crippen molar-refractivity contribution >= 4 is 16.5 Å². The van der Waals surface area contributed by atoms with Gasteiger partial charge in [0.2, 0.25) is 5.88 Å². The molecule has 0 bridgehead atoms. The number of aliphatic hydroxyl groups excluding tert-OH is 2. The average molecular weight is 441 g/mol. The Morgan fingerprint density at radius 1 is 0.969 bits per heavy atom. The van der Waals surface area contributed by atoms with E-state index in [4.69, 9.17) is 4.74 Å². The molecular formula is C23H18F3N3O3. The predicted octanol–water partition coefficient (Wildman–Crippen LogP) is 5.04. The molecule has 4 aromatic rings. The minimum atomic E-state index is -4.47. The van der Waals surface area contributed by atoms with Crippen LogP contribution >= 0.6 is 0 Å². The Hall–Kier alpha value is -3.69. The normalized spacial score (nSPS) is 12.5. The molecule has 0 saturated carbocycles. The first-order valence-corrected chi connectivity index (χ1v) is 9.57. The van der Waals surface area contributed by atoms with Crippen LogP contribution in [0.15, 0.2) is 73.1 Å². The van der Waals surface area contributed by atoms with E-state index in [1.165, 1.54) is 24.5 Å². The van der Waals surface area contributed by atoms with Gasteiger partial charge in [0.05, 0.1) is 17.9 Å². The highest BCUT2D eigenvalue weighted by molar-refractivity contribution is 5.87. The van der Waals surface area contributed by atoms with Crippen molar-refractivity contribution in [2.75, 3.05) is 5.32 Å². The van der Waals surface area contributed by atoms with Crippen LogP contribution in [0.4, 0.5) is 18.9 Å². The number of nitrogens with one attached hydrogen (secondary N) is 1. The molecule has 1 heterocycles. The van der Waals surface area contributed by atoms with Crippen molar-refractivity contribution in [3.05, 3.63) is 89.9 Å². The summed E-state index contributed by atoms with van der Waals surface area (Å²) in [6.45, 7) is -0.239. The fourth-order valence-corrected chi connectivity index (χ4v) is 3.25. The molecule has 0 amide bonds. The van der Waals surface area contributed by atoms with E-state index in [0.29, 0.717) is 22.4 Å². The molecule has 9 heteroatoms. The van der Waals surface area contributed by atoms with Gasteiger partial charge in [-0.15, -0.1) is 0 Å². The maximum absolute atomic E-state index is 13.0. The number of hydrogen-bond acceptors (Lipinski definition) is 6. The first-order valence-electron chi connectivity index (χ1n) is 9.57. The predicted molar refractivity (Wildman–Crippen MR) is 112 cm³/mol. The number of aliphatic hydroxyl groups is 2. The number of alkyl halides is 3. The van der Waals surface area contributed by atoms with Gasteiger partial charge in [0.15, 0.2) is 6.23 Å². The molecule has 1 atom stereocenters. The van der Waals surface area contributed by atoms with Crippen molar-refractivity contribution in [3.8, 4) is 11.6 Å². The van der Waals surface area contributed by atoms with Crippen molar-refractivity contribution in [2.45, 2.75) is 19.0 Å². The third-order valence-corrected chi connectivity index (χ3v) is 4.76. The first kappa shape index (κ1) is 21.5. The topological polar surface area (TPSA) is 87.5 Å². The second-order valence-corrected chi connectivity index (χ2v) is 6.96. The van der Waals surface area contributed by atoms with Crippen LogP contribution in [0, 0.1) is 0 Å². The molecule has 0 aliphatic heterocycles. The average Bonchev–Trinajstić information content (AvgIpc) is 2.78. The summed E-state index contributed by atoms with van der Waals surface area (Å²) in [5, 5.41) is 24.0. The van der Waals surface area contributed by atoms with E-state index < -0.39 is 18.0 Å². The highest BCUT2D eigenvalue weighted by Gasteiger charge is 2.30. The number of rotatable bonds is 6. The Kier molecular flexibility index (Phi) is 5.93. The van der Waals surface area contributed by atoms with Crippen molar-refractivity contribution < 1.29 is 28.1 Å². The molecule has 3 aromatic carbocycles. The Morgan fingerprint density at radius 2 is 1.78 bits per heavy atom. The molecule has 164 valence electrons. The van der Waals surface area contributed by atoms with Crippen LogP contribution in [-0.2, 0) is 12.8 Å². The Balaban J connectivity index is 1.58. The van der Waals surface area contributed by atoms with Gasteiger partial charge in [0.1, 0.15) is 12.1 Å². The molecular weight excluding hydrogens is 423 g/mol. The Labute approximate surface area is 181 Å². The second kappa shape index (κ2) is 8.81. The zero-order valence-corrected chi connectivity index (χ0v) is 16.5. The molecule has 1 aromatic heterocycles. The standard InChI is InChI=1S/C23H18F3N3O3/c24-23(25,26)15-4-2-5-16(10-15)29-22(31)20-6-1-3-14-9-18(7-8-19(14)20)32-21-11-17(12-30)27-13-28-21/h1-11,13,22,29-31H,12H2/t22-/m0/s1. The van der Waals surface area contributed by atoms with E-state index in [1.807, 2.05) is 6.07 Å². The zero-order valence-electron chi connectivity index (χ0n) is 16.5. The quantitative estimate of drug-likeness (QED) is 0.364. The van der Waals surface area contributed by atoms with Gasteiger partial charge < -0.3 is 20.3 Å². The molecule has 4 rings (SSSR count). The summed E-state index contributed by atoms with van der Waals surface area (Å²) in [6, 6.07) is 16.6. The van der Waals surface area contributed by atoms with E-state index in [1.54, 1.807) is 30.3 Å². The number of anilines is 1. The fourth-order valence-electron chi connectivity index (χ4n) is 3.25. The summed E-state index contributed by atoms with van der Waals surface area (Å²) in [5.41, 5.74) is 0.258. The maximum atomic E-state index is 13.0. The summed E-state index contributed by atoms with van der Waals surface area (Å²) in [7, 11) is 0. The molecule has 0 spiro atoms. The summed E-state index contributed by atoms with van der Waals surface area (Å²) in [5.74, 6) is 0.753. The smallest absolute Gasteiger partial charge is 0.416 e. The number of ether oxygens (including phenoxy) is 1. The Bertz CT molecular complexity index is 1250. The van der Waals surface area contributed by atoms with Gasteiger partial charge in [-0.05, 0) is 41.1 Å². The molecule has 6 nitrogen and oxygen atoms in total. The molecule has 0 saturated heterocycles. The van der Waals surface area contributed by atoms with Gasteiger partial charge in [-0.25, -0.2) is 9.97 Å². The summed E-state index contributed by atoms with van der Waals surface area (Å²) in [4.78, 5) is 7.90. The van der Waals surface area contributed by atoms with Crippen molar-refractivity contribution in [2.24, 2.45) is 0 Å². The SMILES string of the molecule is OCc1cc(Oc2ccc3c([C@H](O)Nc4cccc(C(F)(F)F)c4)cccc3c2)ncn1. The molecule has 0 aliphatic rings. The first-order chi connectivity index (χ1) is 15.3. The number of aromatic nitrogens is 2.